The summed E-state index contributed by atoms with van der Waals surface area (Å²) in [6.07, 6.45) is 0. The Morgan fingerprint density at radius 1 is 0.971 bits per heavy atom. The lowest BCUT2D eigenvalue weighted by molar-refractivity contribution is 0.0642. The monoisotopic (exact) mass is 495 g/mol. The van der Waals surface area contributed by atoms with Gasteiger partial charge in [-0.1, -0.05) is 50.6 Å². The highest BCUT2D eigenvalue weighted by atomic mass is 35.5. The van der Waals surface area contributed by atoms with Gasteiger partial charge in [0.05, 0.1) is 28.4 Å². The summed E-state index contributed by atoms with van der Waals surface area (Å²) in [4.78, 5) is 32.6. The van der Waals surface area contributed by atoms with Crippen LogP contribution in [0.5, 0.6) is 0 Å². The van der Waals surface area contributed by atoms with Gasteiger partial charge in [0.15, 0.2) is 4.90 Å². The number of amides is 2. The number of carbonyl (C=O) groups excluding carboxylic acids is 2. The molecule has 0 radical (unpaired) electrons. The normalized spacial score (nSPS) is 14.4. The van der Waals surface area contributed by atoms with Crippen molar-refractivity contribution in [3.8, 4) is 0 Å². The Hall–Kier alpha value is -2.87. The molecule has 6 nitrogen and oxygen atoms in total. The maximum atomic E-state index is 13.3. The number of imide groups is 1. The topological polar surface area (TPSA) is 85.4 Å². The molecule has 176 valence electrons. The van der Waals surface area contributed by atoms with E-state index < -0.39 is 23.2 Å². The van der Waals surface area contributed by atoms with E-state index in [1.54, 1.807) is 18.2 Å². The summed E-state index contributed by atoms with van der Waals surface area (Å²) in [6.45, 7) is 10.1. The van der Waals surface area contributed by atoms with Crippen LogP contribution in [0, 0.1) is 13.8 Å². The molecule has 2 aromatic carbocycles. The van der Waals surface area contributed by atoms with E-state index in [4.69, 9.17) is 11.6 Å². The number of halogens is 1. The maximum Gasteiger partial charge on any atom is 0.264 e. The van der Waals surface area contributed by atoms with Crippen molar-refractivity contribution in [2.45, 2.75) is 51.5 Å². The first kappa shape index (κ1) is 24.3. The quantitative estimate of drug-likeness (QED) is 0.369. The number of hydrogen-bond donors (Lipinski definition) is 1. The molecule has 3 aromatic rings. The largest absolute Gasteiger partial charge is 0.588 e. The summed E-state index contributed by atoms with van der Waals surface area (Å²) in [6, 6.07) is 14.3. The van der Waals surface area contributed by atoms with E-state index in [9.17, 15) is 14.1 Å². The van der Waals surface area contributed by atoms with Gasteiger partial charge in [0, 0.05) is 11.4 Å². The predicted octanol–water partition coefficient (Wildman–Crippen LogP) is 5.58. The highest BCUT2D eigenvalue weighted by Gasteiger charge is 2.40. The Kier molecular flexibility index (Phi) is 6.46. The standard InChI is InChI=1S/C26H26ClN3O3S/c1-15-6-7-17(16(2)28-15)14-30-24(31)22-20(27)12-13-21(23(22)25(30)32)29-34(33)19-10-8-18(9-11-19)26(3,4)5/h6-13,29H,14H2,1-5H3. The van der Waals surface area contributed by atoms with Gasteiger partial charge in [-0.25, -0.2) is 4.72 Å². The smallest absolute Gasteiger partial charge is 0.264 e. The summed E-state index contributed by atoms with van der Waals surface area (Å²) in [7, 11) is 0. The van der Waals surface area contributed by atoms with Crippen LogP contribution in [0.2, 0.25) is 5.02 Å². The Balaban J connectivity index is 1.62. The van der Waals surface area contributed by atoms with Crippen LogP contribution < -0.4 is 4.72 Å². The number of rotatable bonds is 5. The zero-order valence-corrected chi connectivity index (χ0v) is 21.3. The van der Waals surface area contributed by atoms with Crippen LogP contribution in [0.3, 0.4) is 0 Å². The van der Waals surface area contributed by atoms with E-state index in [-0.39, 0.29) is 28.1 Å². The third-order valence-electron chi connectivity index (χ3n) is 5.87. The molecule has 2 amide bonds. The number of anilines is 1. The summed E-state index contributed by atoms with van der Waals surface area (Å²) in [5.41, 5.74) is 4.04. The number of aryl methyl sites for hydroxylation is 2. The molecule has 0 fully saturated rings. The molecular formula is C26H26ClN3O3S. The van der Waals surface area contributed by atoms with Crippen molar-refractivity contribution in [3.05, 3.63) is 87.2 Å². The van der Waals surface area contributed by atoms with Crippen molar-refractivity contribution in [1.82, 2.24) is 9.88 Å². The molecule has 2 heterocycles. The Bertz CT molecular complexity index is 1290. The lowest BCUT2D eigenvalue weighted by atomic mass is 9.87. The Morgan fingerprint density at radius 2 is 1.62 bits per heavy atom. The van der Waals surface area contributed by atoms with Gasteiger partial charge in [-0.2, -0.15) is 0 Å². The SMILES string of the molecule is Cc1ccc(CN2C(=O)c3c(Cl)ccc(N[S+]([O-])c4ccc(C(C)(C)C)cc4)c3C2=O)c(C)n1. The average Bonchev–Trinajstić information content (AvgIpc) is 3.02. The highest BCUT2D eigenvalue weighted by molar-refractivity contribution is 7.92. The van der Waals surface area contributed by atoms with Crippen molar-refractivity contribution in [3.63, 3.8) is 0 Å². The molecular weight excluding hydrogens is 470 g/mol. The first-order chi connectivity index (χ1) is 16.0. The minimum absolute atomic E-state index is 0.0218. The van der Waals surface area contributed by atoms with Crippen LogP contribution in [0.15, 0.2) is 53.4 Å². The molecule has 1 unspecified atom stereocenters. The number of aromatic nitrogens is 1. The lowest BCUT2D eigenvalue weighted by Gasteiger charge is -2.19. The van der Waals surface area contributed by atoms with E-state index in [0.717, 1.165) is 27.4 Å². The second kappa shape index (κ2) is 9.06. The Morgan fingerprint density at radius 3 is 2.24 bits per heavy atom. The molecule has 1 atom stereocenters. The van der Waals surface area contributed by atoms with Crippen molar-refractivity contribution in [2.75, 3.05) is 4.72 Å². The predicted molar refractivity (Wildman–Crippen MR) is 135 cm³/mol. The van der Waals surface area contributed by atoms with Crippen molar-refractivity contribution < 1.29 is 14.1 Å². The highest BCUT2D eigenvalue weighted by Crippen LogP contribution is 2.36. The van der Waals surface area contributed by atoms with Crippen LogP contribution in [0.4, 0.5) is 5.69 Å². The molecule has 4 rings (SSSR count). The molecule has 0 bridgehead atoms. The fourth-order valence-electron chi connectivity index (χ4n) is 3.89. The van der Waals surface area contributed by atoms with E-state index in [1.807, 2.05) is 38.1 Å². The van der Waals surface area contributed by atoms with Crippen LogP contribution in [-0.2, 0) is 23.3 Å². The molecule has 1 aliphatic rings. The number of hydrogen-bond acceptors (Lipinski definition) is 5. The van der Waals surface area contributed by atoms with Crippen LogP contribution in [-0.4, -0.2) is 26.3 Å². The van der Waals surface area contributed by atoms with E-state index in [2.05, 4.69) is 30.5 Å². The zero-order valence-electron chi connectivity index (χ0n) is 19.7. The van der Waals surface area contributed by atoms with E-state index in [0.29, 0.717) is 10.6 Å². The van der Waals surface area contributed by atoms with Gasteiger partial charge in [-0.05, 0) is 60.7 Å². The molecule has 0 saturated carbocycles. The van der Waals surface area contributed by atoms with Gasteiger partial charge in [0.25, 0.3) is 11.8 Å². The van der Waals surface area contributed by atoms with Crippen LogP contribution in [0.1, 0.15) is 64.0 Å². The minimum atomic E-state index is -1.64. The number of benzene rings is 2. The molecule has 8 heteroatoms. The molecule has 0 saturated heterocycles. The fraction of sp³-hybridized carbons (Fsp3) is 0.269. The van der Waals surface area contributed by atoms with Crippen molar-refractivity contribution in [1.29, 1.82) is 0 Å². The van der Waals surface area contributed by atoms with Gasteiger partial charge in [-0.15, -0.1) is 0 Å². The molecule has 34 heavy (non-hydrogen) atoms. The van der Waals surface area contributed by atoms with Gasteiger partial charge in [0.1, 0.15) is 11.4 Å². The van der Waals surface area contributed by atoms with Gasteiger partial charge >= 0.3 is 0 Å². The number of nitrogens with one attached hydrogen (secondary N) is 1. The minimum Gasteiger partial charge on any atom is -0.588 e. The molecule has 0 spiro atoms. The van der Waals surface area contributed by atoms with E-state index in [1.165, 1.54) is 6.07 Å². The molecule has 1 aromatic heterocycles. The third kappa shape index (κ3) is 4.56. The maximum absolute atomic E-state index is 13.3. The summed E-state index contributed by atoms with van der Waals surface area (Å²) >= 11 is 4.68. The second-order valence-electron chi connectivity index (χ2n) is 9.38. The third-order valence-corrected chi connectivity index (χ3v) is 7.29. The number of fused-ring (bicyclic) bond motifs is 1. The summed E-state index contributed by atoms with van der Waals surface area (Å²) in [5, 5.41) is 0.181. The molecule has 1 N–H and O–H groups in total. The summed E-state index contributed by atoms with van der Waals surface area (Å²) in [5.74, 6) is -0.959. The molecule has 1 aliphatic heterocycles. The first-order valence-electron chi connectivity index (χ1n) is 10.9. The van der Waals surface area contributed by atoms with Crippen LogP contribution >= 0.6 is 11.6 Å². The first-order valence-corrected chi connectivity index (χ1v) is 12.4. The van der Waals surface area contributed by atoms with Crippen LogP contribution in [0.25, 0.3) is 0 Å². The van der Waals surface area contributed by atoms with E-state index >= 15 is 0 Å². The lowest BCUT2D eigenvalue weighted by Crippen LogP contribution is -2.29. The number of carbonyl (C=O) groups is 2. The zero-order chi connectivity index (χ0) is 24.8. The van der Waals surface area contributed by atoms with Gasteiger partial charge < -0.3 is 4.55 Å². The second-order valence-corrected chi connectivity index (χ2v) is 11.0. The van der Waals surface area contributed by atoms with Gasteiger partial charge in [0.2, 0.25) is 0 Å². The van der Waals surface area contributed by atoms with Crippen molar-refractivity contribution >= 4 is 40.5 Å². The number of pyridine rings is 1. The van der Waals surface area contributed by atoms with Gasteiger partial charge in [-0.3, -0.25) is 19.5 Å². The molecule has 0 aliphatic carbocycles. The average molecular weight is 496 g/mol. The number of nitrogens with zero attached hydrogens (tertiary/aromatic N) is 2. The Labute approximate surface area is 207 Å². The fourth-order valence-corrected chi connectivity index (χ4v) is 5.00. The summed E-state index contributed by atoms with van der Waals surface area (Å²) < 4.78 is 15.9. The van der Waals surface area contributed by atoms with Crippen molar-refractivity contribution in [2.24, 2.45) is 0 Å².